The first-order valence-corrected chi connectivity index (χ1v) is 23.3. The Balaban J connectivity index is 2.34. The standard InChI is InChI=1S/C47H86N2O6/c1-3-5-7-9-11-13-15-17-19-21-23-25-27-29-32-36-44(50)54-42-43(53-41-40-49-38-34-31-35-39-49)46(47(48)52)55-45(51)37-33-30-28-26-24-22-20-18-16-14-12-10-8-6-4-2/h17-20,43,46H,3-16,21-42H2,1-2H3,(H2,48,52)/b19-17-,20-18-. The lowest BCUT2D eigenvalue weighted by molar-refractivity contribution is -0.171. The Morgan fingerprint density at radius 2 is 0.982 bits per heavy atom. The summed E-state index contributed by atoms with van der Waals surface area (Å²) in [6, 6.07) is 0. The Morgan fingerprint density at radius 1 is 0.564 bits per heavy atom. The molecule has 0 aromatic carbocycles. The van der Waals surface area contributed by atoms with E-state index in [9.17, 15) is 14.4 Å². The van der Waals surface area contributed by atoms with Gasteiger partial charge in [0, 0.05) is 19.4 Å². The normalized spacial score (nSPS) is 14.8. The van der Waals surface area contributed by atoms with Gasteiger partial charge in [0.25, 0.3) is 5.91 Å². The van der Waals surface area contributed by atoms with Gasteiger partial charge in [-0.1, -0.05) is 147 Å². The molecule has 0 aromatic heterocycles. The van der Waals surface area contributed by atoms with Gasteiger partial charge in [0.15, 0.2) is 0 Å². The molecule has 1 aliphatic heterocycles. The molecule has 0 radical (unpaired) electrons. The van der Waals surface area contributed by atoms with Gasteiger partial charge < -0.3 is 24.8 Å². The van der Waals surface area contributed by atoms with Crippen LogP contribution in [-0.2, 0) is 28.6 Å². The average Bonchev–Trinajstić information content (AvgIpc) is 3.18. The van der Waals surface area contributed by atoms with Crippen LogP contribution < -0.4 is 5.73 Å². The molecule has 0 bridgehead atoms. The zero-order valence-electron chi connectivity index (χ0n) is 35.9. The van der Waals surface area contributed by atoms with Gasteiger partial charge in [0.2, 0.25) is 6.10 Å². The quantitative estimate of drug-likeness (QED) is 0.0376. The van der Waals surface area contributed by atoms with E-state index >= 15 is 0 Å². The van der Waals surface area contributed by atoms with Crippen molar-refractivity contribution in [3.05, 3.63) is 24.3 Å². The number of nitrogens with zero attached hydrogens (tertiary/aromatic N) is 1. The Morgan fingerprint density at radius 3 is 1.44 bits per heavy atom. The van der Waals surface area contributed by atoms with Crippen molar-refractivity contribution in [1.29, 1.82) is 0 Å². The van der Waals surface area contributed by atoms with E-state index in [0.29, 0.717) is 26.0 Å². The van der Waals surface area contributed by atoms with E-state index in [-0.39, 0.29) is 19.0 Å². The summed E-state index contributed by atoms with van der Waals surface area (Å²) in [6.07, 6.45) is 42.0. The molecule has 0 aromatic rings. The fourth-order valence-electron chi connectivity index (χ4n) is 7.18. The highest BCUT2D eigenvalue weighted by molar-refractivity contribution is 5.83. The lowest BCUT2D eigenvalue weighted by Gasteiger charge is -2.29. The molecule has 0 spiro atoms. The van der Waals surface area contributed by atoms with Crippen LogP contribution in [0, 0.1) is 0 Å². The van der Waals surface area contributed by atoms with Crippen molar-refractivity contribution in [3.8, 4) is 0 Å². The molecule has 8 heteroatoms. The minimum absolute atomic E-state index is 0.168. The number of piperidine rings is 1. The second-order valence-electron chi connectivity index (χ2n) is 16.0. The van der Waals surface area contributed by atoms with E-state index in [1.807, 2.05) is 0 Å². The number of unbranched alkanes of at least 4 members (excludes halogenated alkanes) is 22. The van der Waals surface area contributed by atoms with Crippen molar-refractivity contribution >= 4 is 17.8 Å². The van der Waals surface area contributed by atoms with Crippen LogP contribution in [0.25, 0.3) is 0 Å². The van der Waals surface area contributed by atoms with E-state index in [1.54, 1.807) is 0 Å². The number of primary amides is 1. The molecule has 2 unspecified atom stereocenters. The smallest absolute Gasteiger partial charge is 0.306 e. The van der Waals surface area contributed by atoms with Gasteiger partial charge in [-0.3, -0.25) is 14.4 Å². The van der Waals surface area contributed by atoms with E-state index in [0.717, 1.165) is 90.1 Å². The van der Waals surface area contributed by atoms with E-state index in [4.69, 9.17) is 19.9 Å². The van der Waals surface area contributed by atoms with Gasteiger partial charge in [-0.15, -0.1) is 0 Å². The van der Waals surface area contributed by atoms with Crippen LogP contribution in [0.5, 0.6) is 0 Å². The lowest BCUT2D eigenvalue weighted by Crippen LogP contribution is -2.47. The number of allylic oxidation sites excluding steroid dienone is 4. The highest BCUT2D eigenvalue weighted by atomic mass is 16.6. The van der Waals surface area contributed by atoms with Gasteiger partial charge in [-0.05, 0) is 90.1 Å². The summed E-state index contributed by atoms with van der Waals surface area (Å²) >= 11 is 0. The number of hydrogen-bond donors (Lipinski definition) is 1. The maximum Gasteiger partial charge on any atom is 0.306 e. The predicted molar refractivity (Wildman–Crippen MR) is 229 cm³/mol. The number of nitrogens with two attached hydrogens (primary N) is 1. The third kappa shape index (κ3) is 32.6. The average molecular weight is 775 g/mol. The molecule has 1 fully saturated rings. The van der Waals surface area contributed by atoms with Crippen molar-refractivity contribution in [2.75, 3.05) is 32.8 Å². The van der Waals surface area contributed by atoms with Gasteiger partial charge in [0.05, 0.1) is 6.61 Å². The largest absolute Gasteiger partial charge is 0.463 e. The van der Waals surface area contributed by atoms with Crippen molar-refractivity contribution in [3.63, 3.8) is 0 Å². The third-order valence-electron chi connectivity index (χ3n) is 10.8. The molecule has 1 aliphatic rings. The molecule has 320 valence electrons. The molecule has 2 N–H and O–H groups in total. The fourth-order valence-corrected chi connectivity index (χ4v) is 7.18. The molecular formula is C47H86N2O6. The van der Waals surface area contributed by atoms with Crippen LogP contribution in [0.4, 0.5) is 0 Å². The minimum Gasteiger partial charge on any atom is -0.463 e. The van der Waals surface area contributed by atoms with Gasteiger partial charge >= 0.3 is 11.9 Å². The van der Waals surface area contributed by atoms with Crippen molar-refractivity contribution in [2.24, 2.45) is 5.73 Å². The number of rotatable bonds is 39. The maximum absolute atomic E-state index is 12.8. The number of hydrogen-bond acceptors (Lipinski definition) is 7. The second-order valence-corrected chi connectivity index (χ2v) is 16.0. The summed E-state index contributed by atoms with van der Waals surface area (Å²) in [6.45, 7) is 7.42. The topological polar surface area (TPSA) is 108 Å². The number of likely N-dealkylation sites (tertiary alicyclic amines) is 1. The summed E-state index contributed by atoms with van der Waals surface area (Å²) in [5.74, 6) is -1.58. The first-order valence-electron chi connectivity index (χ1n) is 23.3. The highest BCUT2D eigenvalue weighted by Crippen LogP contribution is 2.15. The monoisotopic (exact) mass is 775 g/mol. The molecular weight excluding hydrogens is 689 g/mol. The number of esters is 2. The van der Waals surface area contributed by atoms with Crippen LogP contribution >= 0.6 is 0 Å². The number of carbonyl (C=O) groups is 3. The SMILES string of the molecule is CCCCCCCC/C=C\CCCCCCCC(=O)OCC(OCCN1CCCCC1)C(OC(=O)CCCCCCC/C=C\CCCCCCCC)C(N)=O. The van der Waals surface area contributed by atoms with Gasteiger partial charge in [-0.25, -0.2) is 0 Å². The predicted octanol–water partition coefficient (Wildman–Crippen LogP) is 11.9. The minimum atomic E-state index is -1.30. The molecule has 8 nitrogen and oxygen atoms in total. The van der Waals surface area contributed by atoms with Crippen molar-refractivity contribution in [1.82, 2.24) is 4.90 Å². The fraction of sp³-hybridized carbons (Fsp3) is 0.851. The Bertz CT molecular complexity index is 963. The van der Waals surface area contributed by atoms with Crippen molar-refractivity contribution < 1.29 is 28.6 Å². The molecule has 55 heavy (non-hydrogen) atoms. The van der Waals surface area contributed by atoms with Crippen LogP contribution in [0.15, 0.2) is 24.3 Å². The van der Waals surface area contributed by atoms with E-state index in [2.05, 4.69) is 43.1 Å². The number of amides is 1. The molecule has 0 aliphatic carbocycles. The third-order valence-corrected chi connectivity index (χ3v) is 10.8. The first kappa shape index (κ1) is 50.8. The zero-order chi connectivity index (χ0) is 39.9. The Labute approximate surface area is 338 Å². The second kappa shape index (κ2) is 38.7. The lowest BCUT2D eigenvalue weighted by atomic mass is 10.1. The highest BCUT2D eigenvalue weighted by Gasteiger charge is 2.32. The molecule has 2 atom stereocenters. The molecule has 1 amide bonds. The molecule has 0 saturated carbocycles. The Hall–Kier alpha value is -2.19. The van der Waals surface area contributed by atoms with Crippen LogP contribution in [0.2, 0.25) is 0 Å². The summed E-state index contributed by atoms with van der Waals surface area (Å²) < 4.78 is 17.3. The Kier molecular flexibility index (Phi) is 35.7. The van der Waals surface area contributed by atoms with Crippen LogP contribution in [0.3, 0.4) is 0 Å². The van der Waals surface area contributed by atoms with Gasteiger partial charge in [0.1, 0.15) is 12.7 Å². The molecule has 1 saturated heterocycles. The van der Waals surface area contributed by atoms with Gasteiger partial charge in [-0.2, -0.15) is 0 Å². The number of ether oxygens (including phenoxy) is 3. The van der Waals surface area contributed by atoms with Crippen LogP contribution in [-0.4, -0.2) is 67.8 Å². The summed E-state index contributed by atoms with van der Waals surface area (Å²) in [4.78, 5) is 40.3. The summed E-state index contributed by atoms with van der Waals surface area (Å²) in [5, 5.41) is 0. The van der Waals surface area contributed by atoms with E-state index < -0.39 is 24.1 Å². The summed E-state index contributed by atoms with van der Waals surface area (Å²) in [5.41, 5.74) is 5.73. The molecule has 1 rings (SSSR count). The maximum atomic E-state index is 12.8. The zero-order valence-corrected chi connectivity index (χ0v) is 35.9. The van der Waals surface area contributed by atoms with E-state index in [1.165, 1.54) is 103 Å². The van der Waals surface area contributed by atoms with Crippen LogP contribution in [0.1, 0.15) is 213 Å². The number of carbonyl (C=O) groups excluding carboxylic acids is 3. The van der Waals surface area contributed by atoms with Crippen molar-refractivity contribution in [2.45, 2.75) is 225 Å². The molecule has 1 heterocycles. The summed E-state index contributed by atoms with van der Waals surface area (Å²) in [7, 11) is 0. The first-order chi connectivity index (χ1) is 27.0.